The van der Waals surface area contributed by atoms with Gasteiger partial charge in [-0.15, -0.1) is 0 Å². The average Bonchev–Trinajstić information content (AvgIpc) is 1.76. The molecule has 16 heavy (non-hydrogen) atoms. The molecule has 0 spiro atoms. The van der Waals surface area contributed by atoms with Gasteiger partial charge in [-0.1, -0.05) is 0 Å². The first-order chi connectivity index (χ1) is 6.77. The van der Waals surface area contributed by atoms with Crippen LogP contribution in [0.25, 0.3) is 0 Å². The van der Waals surface area contributed by atoms with E-state index in [1.807, 2.05) is 0 Å². The molecule has 102 valence electrons. The number of rotatable bonds is 2. The van der Waals surface area contributed by atoms with Crippen LogP contribution in [-0.2, 0) is 20.2 Å². The molecule has 0 aliphatic carbocycles. The Kier molecular flexibility index (Phi) is 13.1. The summed E-state index contributed by atoms with van der Waals surface area (Å²) in [7, 11) is -7.33. The van der Waals surface area contributed by atoms with Gasteiger partial charge in [0.2, 0.25) is 0 Å². The summed E-state index contributed by atoms with van der Waals surface area (Å²) in [4.78, 5) is 0. The van der Waals surface area contributed by atoms with E-state index in [0.717, 1.165) is 0 Å². The molecule has 0 radical (unpaired) electrons. The largest absolute Gasteiger partial charge is 0.396 e. The van der Waals surface area contributed by atoms with Crippen LogP contribution in [0.3, 0.4) is 0 Å². The maximum Gasteiger partial charge on any atom is 0.261 e. The lowest BCUT2D eigenvalue weighted by Crippen LogP contribution is -2.00. The molecule has 0 bridgehead atoms. The first kappa shape index (κ1) is 21.1. The van der Waals surface area contributed by atoms with E-state index in [2.05, 4.69) is 0 Å². The van der Waals surface area contributed by atoms with Crippen LogP contribution in [0.1, 0.15) is 13.3 Å². The fourth-order valence-electron chi connectivity index (χ4n) is 0.187. The number of hydrogen-bond acceptors (Lipinski definition) is 6. The van der Waals surface area contributed by atoms with Gasteiger partial charge in [0.05, 0.1) is 18.6 Å². The zero-order valence-corrected chi connectivity index (χ0v) is 10.9. The lowest BCUT2D eigenvalue weighted by Gasteiger charge is -1.95. The predicted octanol–water partition coefficient (Wildman–Crippen LogP) is -1.24. The maximum absolute atomic E-state index is 9.19. The second-order valence-corrected chi connectivity index (χ2v) is 5.76. The lowest BCUT2D eigenvalue weighted by atomic mass is 10.3. The molecule has 0 heterocycles. The van der Waals surface area contributed by atoms with Gasteiger partial charge in [0.1, 0.15) is 0 Å². The van der Waals surface area contributed by atoms with Crippen molar-refractivity contribution >= 4 is 20.2 Å². The molecule has 0 saturated heterocycles. The smallest absolute Gasteiger partial charge is 0.261 e. The summed E-state index contributed by atoms with van der Waals surface area (Å²) in [6.45, 7) is 1.73. The Morgan fingerprint density at radius 3 is 1.19 bits per heavy atom. The minimum absolute atomic E-state index is 0.0810. The van der Waals surface area contributed by atoms with Gasteiger partial charge in [0, 0.05) is 6.61 Å². The average molecular weight is 282 g/mol. The standard InChI is InChI=1S/C4H10O2.2CH4O3S/c1-4(6)2-3-5;2*1-5(2,3)4/h4-6H,2-3H2,1H3;2*1H3,(H,2,3,4). The highest BCUT2D eigenvalue weighted by molar-refractivity contribution is 7.85. The normalized spacial score (nSPS) is 12.7. The van der Waals surface area contributed by atoms with E-state index in [-0.39, 0.29) is 12.7 Å². The highest BCUT2D eigenvalue weighted by Gasteiger charge is 1.88. The first-order valence-electron chi connectivity index (χ1n) is 3.91. The monoisotopic (exact) mass is 282 g/mol. The van der Waals surface area contributed by atoms with Gasteiger partial charge in [0.25, 0.3) is 20.2 Å². The van der Waals surface area contributed by atoms with Gasteiger partial charge < -0.3 is 10.2 Å². The zero-order valence-electron chi connectivity index (χ0n) is 9.23. The van der Waals surface area contributed by atoms with E-state index in [0.29, 0.717) is 18.9 Å². The summed E-state index contributed by atoms with van der Waals surface area (Å²) < 4.78 is 51.7. The van der Waals surface area contributed by atoms with Crippen LogP contribution in [0.15, 0.2) is 0 Å². The maximum atomic E-state index is 9.19. The molecular weight excluding hydrogens is 264 g/mol. The van der Waals surface area contributed by atoms with E-state index >= 15 is 0 Å². The van der Waals surface area contributed by atoms with Gasteiger partial charge in [-0.2, -0.15) is 16.8 Å². The Morgan fingerprint density at radius 1 is 1.00 bits per heavy atom. The minimum Gasteiger partial charge on any atom is -0.396 e. The summed E-state index contributed by atoms with van der Waals surface area (Å²) in [6.07, 6.45) is 1.56. The van der Waals surface area contributed by atoms with Crippen LogP contribution >= 0.6 is 0 Å². The molecule has 0 amide bonds. The Labute approximate surface area is 95.4 Å². The second kappa shape index (κ2) is 9.93. The van der Waals surface area contributed by atoms with E-state index in [1.165, 1.54) is 0 Å². The molecule has 0 rings (SSSR count). The molecule has 1 unspecified atom stereocenters. The molecule has 0 aromatic rings. The highest BCUT2D eigenvalue weighted by atomic mass is 32.2. The van der Waals surface area contributed by atoms with Crippen LogP contribution in [0.2, 0.25) is 0 Å². The Balaban J connectivity index is -0.000000160. The van der Waals surface area contributed by atoms with E-state index < -0.39 is 20.2 Å². The summed E-state index contributed by atoms with van der Waals surface area (Å²) in [5.41, 5.74) is 0. The van der Waals surface area contributed by atoms with E-state index in [1.54, 1.807) is 6.92 Å². The van der Waals surface area contributed by atoms with Crippen LogP contribution in [0.4, 0.5) is 0 Å². The molecule has 0 aromatic heterocycles. The quantitative estimate of drug-likeness (QED) is 0.459. The molecule has 0 aliphatic rings. The molecule has 0 saturated carbocycles. The van der Waals surface area contributed by atoms with E-state index in [9.17, 15) is 16.8 Å². The summed E-state index contributed by atoms with van der Waals surface area (Å²) in [5.74, 6) is 0. The van der Waals surface area contributed by atoms with Crippen molar-refractivity contribution in [1.82, 2.24) is 0 Å². The fourth-order valence-corrected chi connectivity index (χ4v) is 0.187. The van der Waals surface area contributed by atoms with Gasteiger partial charge in [-0.05, 0) is 13.3 Å². The summed E-state index contributed by atoms with van der Waals surface area (Å²) in [6, 6.07) is 0. The third-order valence-corrected chi connectivity index (χ3v) is 0.547. The van der Waals surface area contributed by atoms with Crippen molar-refractivity contribution in [1.29, 1.82) is 0 Å². The second-order valence-electron chi connectivity index (χ2n) is 2.83. The number of aliphatic hydroxyl groups excluding tert-OH is 2. The zero-order chi connectivity index (χ0) is 14.0. The predicted molar refractivity (Wildman–Crippen MR) is 58.3 cm³/mol. The van der Waals surface area contributed by atoms with Gasteiger partial charge in [-0.3, -0.25) is 9.11 Å². The molecule has 10 heteroatoms. The van der Waals surface area contributed by atoms with Crippen LogP contribution < -0.4 is 0 Å². The lowest BCUT2D eigenvalue weighted by molar-refractivity contribution is 0.148. The highest BCUT2D eigenvalue weighted by Crippen LogP contribution is 1.83. The van der Waals surface area contributed by atoms with Gasteiger partial charge in [0.15, 0.2) is 0 Å². The van der Waals surface area contributed by atoms with Gasteiger partial charge >= 0.3 is 0 Å². The van der Waals surface area contributed by atoms with Crippen molar-refractivity contribution in [2.45, 2.75) is 19.4 Å². The SMILES string of the molecule is CC(O)CCO.CS(=O)(=O)O.CS(=O)(=O)O. The first-order valence-corrected chi connectivity index (χ1v) is 7.60. The van der Waals surface area contributed by atoms with Crippen molar-refractivity contribution in [3.05, 3.63) is 0 Å². The van der Waals surface area contributed by atoms with Crippen LogP contribution in [0.5, 0.6) is 0 Å². The molecule has 8 nitrogen and oxygen atoms in total. The number of aliphatic hydroxyl groups is 2. The third-order valence-electron chi connectivity index (χ3n) is 0.547. The Hall–Kier alpha value is -0.260. The van der Waals surface area contributed by atoms with Crippen molar-refractivity contribution in [3.63, 3.8) is 0 Å². The summed E-state index contributed by atoms with van der Waals surface area (Å²) in [5, 5.41) is 16.5. The molecule has 0 aliphatic heterocycles. The van der Waals surface area contributed by atoms with Crippen LogP contribution in [0, 0.1) is 0 Å². The Morgan fingerprint density at radius 2 is 1.19 bits per heavy atom. The number of hydrogen-bond donors (Lipinski definition) is 4. The van der Waals surface area contributed by atoms with Gasteiger partial charge in [-0.25, -0.2) is 0 Å². The summed E-state index contributed by atoms with van der Waals surface area (Å²) >= 11 is 0. The third kappa shape index (κ3) is 297. The Bertz CT molecular complexity index is 282. The molecular formula is C6H18O8S2. The van der Waals surface area contributed by atoms with E-state index in [4.69, 9.17) is 19.3 Å². The molecule has 0 aromatic carbocycles. The fraction of sp³-hybridized carbons (Fsp3) is 1.00. The molecule has 0 fully saturated rings. The molecule has 4 N–H and O–H groups in total. The van der Waals surface area contributed by atoms with Crippen LogP contribution in [-0.4, -0.2) is 61.4 Å². The topological polar surface area (TPSA) is 149 Å². The van der Waals surface area contributed by atoms with Crippen molar-refractivity contribution in [2.24, 2.45) is 0 Å². The van der Waals surface area contributed by atoms with Crippen molar-refractivity contribution in [3.8, 4) is 0 Å². The minimum atomic E-state index is -3.67. The van der Waals surface area contributed by atoms with Crippen molar-refractivity contribution in [2.75, 3.05) is 19.1 Å². The molecule has 1 atom stereocenters. The van der Waals surface area contributed by atoms with Crippen molar-refractivity contribution < 1.29 is 36.2 Å².